The Balaban J connectivity index is 2.64. The largest absolute Gasteiger partial charge is 0.481 e. The van der Waals surface area contributed by atoms with Crippen LogP contribution in [0.2, 0.25) is 0 Å². The lowest BCUT2D eigenvalue weighted by atomic mass is 9.82. The number of rotatable bonds is 4. The predicted octanol–water partition coefficient (Wildman–Crippen LogP) is 1.36. The van der Waals surface area contributed by atoms with Gasteiger partial charge in [0.05, 0.1) is 13.2 Å². The quantitative estimate of drug-likeness (QED) is 0.824. The molecule has 1 fully saturated rings. The number of carbonyl (C=O) groups is 1. The summed E-state index contributed by atoms with van der Waals surface area (Å²) in [4.78, 5) is 12.2. The second kappa shape index (κ2) is 5.22. The van der Waals surface area contributed by atoms with Gasteiger partial charge < -0.3 is 9.84 Å². The van der Waals surface area contributed by atoms with Crippen LogP contribution in [0.1, 0.15) is 12.8 Å². The summed E-state index contributed by atoms with van der Waals surface area (Å²) < 4.78 is 41.6. The van der Waals surface area contributed by atoms with Crippen LogP contribution in [0.4, 0.5) is 13.2 Å². The van der Waals surface area contributed by atoms with Crippen molar-refractivity contribution in [1.82, 2.24) is 4.90 Å². The molecule has 0 spiro atoms. The lowest BCUT2D eigenvalue weighted by Gasteiger charge is -2.36. The highest BCUT2D eigenvalue weighted by Crippen LogP contribution is 2.30. The topological polar surface area (TPSA) is 49.8 Å². The Kier molecular flexibility index (Phi) is 4.37. The van der Waals surface area contributed by atoms with E-state index in [2.05, 4.69) is 0 Å². The van der Waals surface area contributed by atoms with Gasteiger partial charge in [-0.25, -0.2) is 0 Å². The lowest BCUT2D eigenvalue weighted by molar-refractivity contribution is -0.167. The molecule has 1 N–H and O–H groups in total. The third-order valence-electron chi connectivity index (χ3n) is 2.80. The minimum Gasteiger partial charge on any atom is -0.481 e. The second-order valence-electron chi connectivity index (χ2n) is 4.53. The molecule has 1 unspecified atom stereocenters. The first-order valence-electron chi connectivity index (χ1n) is 5.32. The maximum absolute atomic E-state index is 12.2. The SMILES string of the molecule is CN(CC(F)(F)F)CC1(C(=O)O)CCCOC1. The molecule has 1 aliphatic rings. The van der Waals surface area contributed by atoms with E-state index in [4.69, 9.17) is 9.84 Å². The number of ether oxygens (including phenoxy) is 1. The molecule has 1 rings (SSSR count). The average Bonchev–Trinajstić information content (AvgIpc) is 2.15. The maximum Gasteiger partial charge on any atom is 0.401 e. The number of carboxylic acids is 1. The molecule has 0 radical (unpaired) electrons. The fraction of sp³-hybridized carbons (Fsp3) is 0.900. The van der Waals surface area contributed by atoms with Crippen LogP contribution < -0.4 is 0 Å². The van der Waals surface area contributed by atoms with Crippen LogP contribution in [-0.2, 0) is 9.53 Å². The summed E-state index contributed by atoms with van der Waals surface area (Å²) in [5, 5.41) is 9.15. The van der Waals surface area contributed by atoms with E-state index in [-0.39, 0.29) is 13.2 Å². The van der Waals surface area contributed by atoms with Crippen molar-refractivity contribution in [2.75, 3.05) is 33.4 Å². The van der Waals surface area contributed by atoms with Crippen molar-refractivity contribution in [2.24, 2.45) is 5.41 Å². The number of halogens is 3. The third-order valence-corrected chi connectivity index (χ3v) is 2.80. The Morgan fingerprint density at radius 1 is 1.53 bits per heavy atom. The van der Waals surface area contributed by atoms with E-state index in [0.717, 1.165) is 4.90 Å². The molecule has 0 saturated carbocycles. The molecule has 4 nitrogen and oxygen atoms in total. The van der Waals surface area contributed by atoms with Gasteiger partial charge in [0.25, 0.3) is 0 Å². The van der Waals surface area contributed by atoms with Gasteiger partial charge in [-0.2, -0.15) is 13.2 Å². The molecule has 100 valence electrons. The fourth-order valence-corrected chi connectivity index (χ4v) is 2.09. The number of hydrogen-bond acceptors (Lipinski definition) is 3. The van der Waals surface area contributed by atoms with Gasteiger partial charge >= 0.3 is 12.1 Å². The van der Waals surface area contributed by atoms with Crippen molar-refractivity contribution >= 4 is 5.97 Å². The summed E-state index contributed by atoms with van der Waals surface area (Å²) >= 11 is 0. The van der Waals surface area contributed by atoms with Crippen molar-refractivity contribution in [3.05, 3.63) is 0 Å². The summed E-state index contributed by atoms with van der Waals surface area (Å²) in [5.41, 5.74) is -1.21. The van der Waals surface area contributed by atoms with Crippen molar-refractivity contribution in [1.29, 1.82) is 0 Å². The second-order valence-corrected chi connectivity index (χ2v) is 4.53. The zero-order valence-corrected chi connectivity index (χ0v) is 9.59. The summed E-state index contributed by atoms with van der Waals surface area (Å²) in [6, 6.07) is 0. The van der Waals surface area contributed by atoms with Crippen LogP contribution >= 0.6 is 0 Å². The standard InChI is InChI=1S/C10H16F3NO3/c1-14(6-10(11,12)13)5-9(8(15)16)3-2-4-17-7-9/h2-7H2,1H3,(H,15,16). The Morgan fingerprint density at radius 2 is 2.18 bits per heavy atom. The molecule has 0 aromatic carbocycles. The van der Waals surface area contributed by atoms with E-state index in [1.54, 1.807) is 0 Å². The normalized spacial score (nSPS) is 26.2. The van der Waals surface area contributed by atoms with Gasteiger partial charge in [0.1, 0.15) is 5.41 Å². The molecule has 0 aromatic heterocycles. The van der Waals surface area contributed by atoms with Gasteiger partial charge in [0.15, 0.2) is 0 Å². The lowest BCUT2D eigenvalue weighted by Crippen LogP contribution is -2.49. The van der Waals surface area contributed by atoms with Crippen LogP contribution in [0.5, 0.6) is 0 Å². The van der Waals surface area contributed by atoms with Gasteiger partial charge in [-0.05, 0) is 19.9 Å². The van der Waals surface area contributed by atoms with Gasteiger partial charge in [-0.3, -0.25) is 9.69 Å². The maximum atomic E-state index is 12.2. The molecule has 1 saturated heterocycles. The molecule has 7 heteroatoms. The van der Waals surface area contributed by atoms with E-state index in [9.17, 15) is 18.0 Å². The third kappa shape index (κ3) is 4.16. The number of alkyl halides is 3. The number of aliphatic carboxylic acids is 1. The van der Waals surface area contributed by atoms with Crippen molar-refractivity contribution in [3.8, 4) is 0 Å². The first kappa shape index (κ1) is 14.2. The van der Waals surface area contributed by atoms with Gasteiger partial charge in [-0.15, -0.1) is 0 Å². The van der Waals surface area contributed by atoms with Crippen LogP contribution in [-0.4, -0.2) is 55.5 Å². The zero-order chi connectivity index (χ0) is 13.1. The monoisotopic (exact) mass is 255 g/mol. The van der Waals surface area contributed by atoms with Crippen LogP contribution in [0.3, 0.4) is 0 Å². The molecule has 1 aliphatic heterocycles. The van der Waals surface area contributed by atoms with E-state index < -0.39 is 24.1 Å². The van der Waals surface area contributed by atoms with Crippen LogP contribution in [0.25, 0.3) is 0 Å². The number of carboxylic acid groups (broad SMARTS) is 1. The Hall–Kier alpha value is -0.820. The number of hydrogen-bond donors (Lipinski definition) is 1. The molecule has 1 heterocycles. The highest BCUT2D eigenvalue weighted by atomic mass is 19.4. The molecule has 0 bridgehead atoms. The Bertz CT molecular complexity index is 274. The summed E-state index contributed by atoms with van der Waals surface area (Å²) in [7, 11) is 1.27. The minimum absolute atomic E-state index is 0.0233. The smallest absolute Gasteiger partial charge is 0.401 e. The van der Waals surface area contributed by atoms with Crippen molar-refractivity contribution in [2.45, 2.75) is 19.0 Å². The Labute approximate surface area is 97.3 Å². The first-order valence-corrected chi connectivity index (χ1v) is 5.32. The van der Waals surface area contributed by atoms with E-state index in [1.165, 1.54) is 7.05 Å². The molecular formula is C10H16F3NO3. The van der Waals surface area contributed by atoms with E-state index >= 15 is 0 Å². The molecule has 1 atom stereocenters. The summed E-state index contributed by atoms with van der Waals surface area (Å²) in [6.45, 7) is -0.813. The number of nitrogens with zero attached hydrogens (tertiary/aromatic N) is 1. The molecule has 0 aromatic rings. The van der Waals surface area contributed by atoms with Gasteiger partial charge in [-0.1, -0.05) is 0 Å². The van der Waals surface area contributed by atoms with Crippen LogP contribution in [0, 0.1) is 5.41 Å². The molecular weight excluding hydrogens is 239 g/mol. The minimum atomic E-state index is -4.32. The molecule has 0 amide bonds. The first-order chi connectivity index (χ1) is 7.75. The van der Waals surface area contributed by atoms with Crippen molar-refractivity contribution < 1.29 is 27.8 Å². The zero-order valence-electron chi connectivity index (χ0n) is 9.59. The molecule has 0 aliphatic carbocycles. The fourth-order valence-electron chi connectivity index (χ4n) is 2.09. The van der Waals surface area contributed by atoms with E-state index in [1.807, 2.05) is 0 Å². The summed E-state index contributed by atoms with van der Waals surface area (Å²) in [6.07, 6.45) is -3.40. The van der Waals surface area contributed by atoms with E-state index in [0.29, 0.717) is 19.4 Å². The highest BCUT2D eigenvalue weighted by Gasteiger charge is 2.43. The van der Waals surface area contributed by atoms with Crippen molar-refractivity contribution in [3.63, 3.8) is 0 Å². The summed E-state index contributed by atoms with van der Waals surface area (Å²) in [5.74, 6) is -1.09. The van der Waals surface area contributed by atoms with Crippen LogP contribution in [0.15, 0.2) is 0 Å². The average molecular weight is 255 g/mol. The highest BCUT2D eigenvalue weighted by molar-refractivity contribution is 5.75. The molecule has 17 heavy (non-hydrogen) atoms. The predicted molar refractivity (Wildman–Crippen MR) is 53.7 cm³/mol. The van der Waals surface area contributed by atoms with Gasteiger partial charge in [0.2, 0.25) is 0 Å². The van der Waals surface area contributed by atoms with Gasteiger partial charge in [0, 0.05) is 13.2 Å². The Morgan fingerprint density at radius 3 is 2.59 bits per heavy atom.